The molecule has 1 saturated heterocycles. The SMILES string of the molecule is CN=C(NCCNS(=O)(=O)c1cccnc1)N1CCSC2(CCCCC2)C1.I. The minimum atomic E-state index is -3.52. The summed E-state index contributed by atoms with van der Waals surface area (Å²) >= 11 is 2.13. The standard InChI is InChI=1S/C18H29N5O2S2.HI/c1-19-17(23-12-13-26-18(15-23)7-3-2-4-8-18)21-10-11-22-27(24,25)16-6-5-9-20-14-16;/h5-6,9,14,22H,2-4,7-8,10-13,15H2,1H3,(H,19,21);1H. The number of aliphatic imine (C=N–C) groups is 1. The van der Waals surface area contributed by atoms with Crippen LogP contribution in [0.2, 0.25) is 0 Å². The van der Waals surface area contributed by atoms with Crippen LogP contribution in [-0.2, 0) is 10.0 Å². The monoisotopic (exact) mass is 539 g/mol. The lowest BCUT2D eigenvalue weighted by molar-refractivity contribution is 0.293. The average Bonchev–Trinajstić information content (AvgIpc) is 2.69. The van der Waals surface area contributed by atoms with Crippen LogP contribution in [0.15, 0.2) is 34.4 Å². The molecule has 1 aliphatic carbocycles. The van der Waals surface area contributed by atoms with Gasteiger partial charge in [-0.1, -0.05) is 19.3 Å². The second-order valence-electron chi connectivity index (χ2n) is 7.07. The quantitative estimate of drug-likeness (QED) is 0.259. The van der Waals surface area contributed by atoms with Crippen molar-refractivity contribution in [3.8, 4) is 0 Å². The van der Waals surface area contributed by atoms with Gasteiger partial charge < -0.3 is 10.2 Å². The van der Waals surface area contributed by atoms with Gasteiger partial charge in [0.05, 0.1) is 0 Å². The molecule has 2 heterocycles. The molecule has 0 atom stereocenters. The van der Waals surface area contributed by atoms with Gasteiger partial charge in [-0.15, -0.1) is 24.0 Å². The summed E-state index contributed by atoms with van der Waals surface area (Å²) in [6.07, 6.45) is 9.48. The Morgan fingerprint density at radius 3 is 2.79 bits per heavy atom. The van der Waals surface area contributed by atoms with Gasteiger partial charge >= 0.3 is 0 Å². The second-order valence-corrected chi connectivity index (χ2v) is 10.4. The molecule has 2 aliphatic rings. The molecule has 1 spiro atoms. The Bertz CT molecular complexity index is 734. The van der Waals surface area contributed by atoms with Crippen molar-refractivity contribution in [1.29, 1.82) is 0 Å². The number of thioether (sulfide) groups is 1. The Balaban J connectivity index is 0.00000280. The van der Waals surface area contributed by atoms with Crippen LogP contribution in [0.25, 0.3) is 0 Å². The van der Waals surface area contributed by atoms with E-state index in [1.54, 1.807) is 19.3 Å². The molecule has 1 aromatic heterocycles. The molecule has 28 heavy (non-hydrogen) atoms. The molecular formula is C18H30IN5O2S2. The van der Waals surface area contributed by atoms with E-state index in [0.717, 1.165) is 24.8 Å². The molecule has 10 heteroatoms. The van der Waals surface area contributed by atoms with Gasteiger partial charge in [0.1, 0.15) is 4.90 Å². The minimum absolute atomic E-state index is 0. The zero-order valence-corrected chi connectivity index (χ0v) is 20.2. The molecule has 158 valence electrons. The van der Waals surface area contributed by atoms with Crippen molar-refractivity contribution >= 4 is 51.7 Å². The van der Waals surface area contributed by atoms with Crippen LogP contribution >= 0.6 is 35.7 Å². The summed E-state index contributed by atoms with van der Waals surface area (Å²) in [5.41, 5.74) is 0. The highest BCUT2D eigenvalue weighted by Gasteiger charge is 2.38. The first-order chi connectivity index (χ1) is 13.0. The summed E-state index contributed by atoms with van der Waals surface area (Å²) in [4.78, 5) is 10.8. The maximum absolute atomic E-state index is 12.2. The van der Waals surface area contributed by atoms with E-state index in [0.29, 0.717) is 17.8 Å². The third kappa shape index (κ3) is 6.20. The topological polar surface area (TPSA) is 86.7 Å². The zero-order chi connectivity index (χ0) is 19.2. The van der Waals surface area contributed by atoms with Gasteiger partial charge in [0.15, 0.2) is 5.96 Å². The maximum atomic E-state index is 12.2. The van der Waals surface area contributed by atoms with Crippen LogP contribution in [-0.4, -0.2) is 68.0 Å². The number of aromatic nitrogens is 1. The number of hydrogen-bond donors (Lipinski definition) is 2. The largest absolute Gasteiger partial charge is 0.355 e. The van der Waals surface area contributed by atoms with Gasteiger partial charge in [-0.3, -0.25) is 9.98 Å². The minimum Gasteiger partial charge on any atom is -0.355 e. The van der Waals surface area contributed by atoms with Crippen LogP contribution in [0, 0.1) is 0 Å². The number of nitrogens with zero attached hydrogens (tertiary/aromatic N) is 3. The van der Waals surface area contributed by atoms with Crippen molar-refractivity contribution in [2.45, 2.75) is 41.7 Å². The van der Waals surface area contributed by atoms with Crippen LogP contribution in [0.1, 0.15) is 32.1 Å². The van der Waals surface area contributed by atoms with Crippen LogP contribution < -0.4 is 10.0 Å². The van der Waals surface area contributed by atoms with Gasteiger partial charge in [-0.05, 0) is 25.0 Å². The summed E-state index contributed by atoms with van der Waals surface area (Å²) in [6.45, 7) is 2.79. The molecule has 0 radical (unpaired) electrons. The highest BCUT2D eigenvalue weighted by molar-refractivity contribution is 14.0. The van der Waals surface area contributed by atoms with Crippen molar-refractivity contribution in [3.05, 3.63) is 24.5 Å². The number of nitrogens with one attached hydrogen (secondary N) is 2. The molecular weight excluding hydrogens is 509 g/mol. The number of sulfonamides is 1. The van der Waals surface area contributed by atoms with E-state index >= 15 is 0 Å². The molecule has 2 N–H and O–H groups in total. The number of halogens is 1. The van der Waals surface area contributed by atoms with Gasteiger partial charge in [0.2, 0.25) is 10.0 Å². The fraction of sp³-hybridized carbons (Fsp3) is 0.667. The molecule has 0 unspecified atom stereocenters. The van der Waals surface area contributed by atoms with E-state index in [4.69, 9.17) is 0 Å². The molecule has 7 nitrogen and oxygen atoms in total. The Kier molecular flexibility index (Phi) is 9.29. The molecule has 1 aromatic rings. The van der Waals surface area contributed by atoms with E-state index in [9.17, 15) is 8.42 Å². The van der Waals surface area contributed by atoms with Gasteiger partial charge in [0.25, 0.3) is 0 Å². The van der Waals surface area contributed by atoms with Crippen molar-refractivity contribution in [3.63, 3.8) is 0 Å². The molecule has 3 rings (SSSR count). The highest BCUT2D eigenvalue weighted by atomic mass is 127. The molecule has 2 fully saturated rings. The van der Waals surface area contributed by atoms with Crippen molar-refractivity contribution < 1.29 is 8.42 Å². The normalized spacial score (nSPS) is 19.9. The van der Waals surface area contributed by atoms with E-state index in [-0.39, 0.29) is 28.9 Å². The fourth-order valence-electron chi connectivity index (χ4n) is 3.81. The molecule has 0 amide bonds. The van der Waals surface area contributed by atoms with Crippen LogP contribution in [0.3, 0.4) is 0 Å². The van der Waals surface area contributed by atoms with Crippen LogP contribution in [0.4, 0.5) is 0 Å². The Morgan fingerprint density at radius 2 is 2.11 bits per heavy atom. The predicted molar refractivity (Wildman–Crippen MR) is 126 cm³/mol. The predicted octanol–water partition coefficient (Wildman–Crippen LogP) is 2.31. The zero-order valence-electron chi connectivity index (χ0n) is 16.3. The summed E-state index contributed by atoms with van der Waals surface area (Å²) in [7, 11) is -1.73. The number of pyridine rings is 1. The molecule has 1 saturated carbocycles. The third-order valence-corrected chi connectivity index (χ3v) is 8.15. The molecule has 1 aliphatic heterocycles. The average molecular weight is 540 g/mol. The lowest BCUT2D eigenvalue weighted by Gasteiger charge is -2.45. The Hall–Kier alpha value is -0.590. The first-order valence-electron chi connectivity index (χ1n) is 9.54. The van der Waals surface area contributed by atoms with Crippen molar-refractivity contribution in [1.82, 2.24) is 19.9 Å². The number of rotatable bonds is 5. The van der Waals surface area contributed by atoms with Crippen LogP contribution in [0.5, 0.6) is 0 Å². The summed E-state index contributed by atoms with van der Waals surface area (Å²) in [5.74, 6) is 1.98. The van der Waals surface area contributed by atoms with Gasteiger partial charge in [-0.25, -0.2) is 13.1 Å². The molecule has 0 aromatic carbocycles. The first kappa shape index (κ1) is 23.7. The van der Waals surface area contributed by atoms with Gasteiger partial charge in [0, 0.05) is 56.1 Å². The van der Waals surface area contributed by atoms with Gasteiger partial charge in [-0.2, -0.15) is 11.8 Å². The lowest BCUT2D eigenvalue weighted by atomic mass is 9.87. The second kappa shape index (κ2) is 11.0. The van der Waals surface area contributed by atoms with E-state index in [1.165, 1.54) is 44.4 Å². The summed E-state index contributed by atoms with van der Waals surface area (Å²) in [6, 6.07) is 3.15. The maximum Gasteiger partial charge on any atom is 0.242 e. The fourth-order valence-corrected chi connectivity index (χ4v) is 6.37. The lowest BCUT2D eigenvalue weighted by Crippen LogP contribution is -2.54. The Morgan fingerprint density at radius 1 is 1.32 bits per heavy atom. The van der Waals surface area contributed by atoms with Crippen molar-refractivity contribution in [2.24, 2.45) is 4.99 Å². The highest BCUT2D eigenvalue weighted by Crippen LogP contribution is 2.42. The number of hydrogen-bond acceptors (Lipinski definition) is 5. The first-order valence-corrected chi connectivity index (χ1v) is 12.0. The van der Waals surface area contributed by atoms with E-state index in [2.05, 4.69) is 36.7 Å². The van der Waals surface area contributed by atoms with Crippen molar-refractivity contribution in [2.75, 3.05) is 39.0 Å². The number of guanidine groups is 1. The smallest absolute Gasteiger partial charge is 0.242 e. The van der Waals surface area contributed by atoms with E-state index < -0.39 is 10.0 Å². The Labute approximate surface area is 189 Å². The third-order valence-electron chi connectivity index (χ3n) is 5.17. The molecule has 0 bridgehead atoms. The summed E-state index contributed by atoms with van der Waals surface area (Å²) < 4.78 is 27.4. The summed E-state index contributed by atoms with van der Waals surface area (Å²) in [5, 5.41) is 3.31. The van der Waals surface area contributed by atoms with E-state index in [1.807, 2.05) is 0 Å².